The predicted octanol–water partition coefficient (Wildman–Crippen LogP) is 3.63. The summed E-state index contributed by atoms with van der Waals surface area (Å²) in [5, 5.41) is 14.6. The third-order valence-electron chi connectivity index (χ3n) is 6.70. The zero-order chi connectivity index (χ0) is 26.3. The average molecular weight is 503 g/mol. The van der Waals surface area contributed by atoms with Gasteiger partial charge in [-0.2, -0.15) is 8.78 Å². The van der Waals surface area contributed by atoms with Crippen molar-refractivity contribution in [1.29, 1.82) is 0 Å². The van der Waals surface area contributed by atoms with E-state index < -0.39 is 41.4 Å². The van der Waals surface area contributed by atoms with Crippen LogP contribution in [-0.4, -0.2) is 58.1 Å². The summed E-state index contributed by atoms with van der Waals surface area (Å²) in [6.45, 7) is 2.41. The lowest BCUT2D eigenvalue weighted by atomic mass is 9.69. The van der Waals surface area contributed by atoms with E-state index in [1.54, 1.807) is 19.1 Å². The number of urea groups is 1. The smallest absolute Gasteiger partial charge is 0.388 e. The van der Waals surface area contributed by atoms with Crippen LogP contribution in [0.1, 0.15) is 49.4 Å². The van der Waals surface area contributed by atoms with Gasteiger partial charge in [0.2, 0.25) is 11.8 Å². The number of aromatic nitrogens is 1. The molecular weight excluding hydrogens is 474 g/mol. The predicted molar refractivity (Wildman–Crippen MR) is 126 cm³/mol. The van der Waals surface area contributed by atoms with Gasteiger partial charge in [-0.05, 0) is 48.9 Å². The Bertz CT molecular complexity index is 1190. The third-order valence-corrected chi connectivity index (χ3v) is 6.70. The van der Waals surface area contributed by atoms with E-state index in [9.17, 15) is 28.3 Å². The SMILES string of the molecule is Cc1ccc(NC(=O)C2(c3ccccc3C(C)C)CN(C(=O)NC3(C(=O)O)CC3)C2)c(OC(F)F)n1. The molecule has 1 aromatic heterocycles. The van der Waals surface area contributed by atoms with E-state index in [0.717, 1.165) is 5.56 Å². The molecule has 36 heavy (non-hydrogen) atoms. The van der Waals surface area contributed by atoms with E-state index in [1.807, 2.05) is 32.0 Å². The van der Waals surface area contributed by atoms with Gasteiger partial charge in [0.1, 0.15) is 16.6 Å². The van der Waals surface area contributed by atoms with Gasteiger partial charge in [0.25, 0.3) is 0 Å². The highest BCUT2D eigenvalue weighted by Crippen LogP contribution is 2.42. The van der Waals surface area contributed by atoms with Crippen LogP contribution in [0.25, 0.3) is 0 Å². The van der Waals surface area contributed by atoms with Gasteiger partial charge in [-0.15, -0.1) is 0 Å². The number of halogens is 2. The van der Waals surface area contributed by atoms with Crippen molar-refractivity contribution in [1.82, 2.24) is 15.2 Å². The third kappa shape index (κ3) is 4.69. The maximum absolute atomic E-state index is 13.8. The molecule has 0 unspecified atom stereocenters. The lowest BCUT2D eigenvalue weighted by molar-refractivity contribution is -0.140. The largest absolute Gasteiger partial charge is 0.480 e. The van der Waals surface area contributed by atoms with Gasteiger partial charge in [-0.1, -0.05) is 38.1 Å². The van der Waals surface area contributed by atoms with Crippen molar-refractivity contribution >= 4 is 23.6 Å². The van der Waals surface area contributed by atoms with Crippen LogP contribution in [0.5, 0.6) is 5.88 Å². The molecule has 2 heterocycles. The van der Waals surface area contributed by atoms with E-state index >= 15 is 0 Å². The minimum atomic E-state index is -3.13. The Morgan fingerprint density at radius 1 is 1.11 bits per heavy atom. The fourth-order valence-electron chi connectivity index (χ4n) is 4.47. The standard InChI is InChI=1S/C25H28F2N4O5/c1-14(2)16-6-4-5-7-17(16)24(12-31(13-24)23(35)30-25(10-11-25)21(33)34)20(32)29-18-9-8-15(3)28-19(18)36-22(26)27/h4-9,14,22H,10-13H2,1-3H3,(H,29,32)(H,30,35)(H,33,34). The van der Waals surface area contributed by atoms with Crippen molar-refractivity contribution in [3.63, 3.8) is 0 Å². The Balaban J connectivity index is 1.64. The van der Waals surface area contributed by atoms with Gasteiger partial charge in [-0.25, -0.2) is 14.6 Å². The number of carboxylic acids is 1. The van der Waals surface area contributed by atoms with E-state index in [1.165, 1.54) is 11.0 Å². The Labute approximate surface area is 206 Å². The van der Waals surface area contributed by atoms with Crippen molar-refractivity contribution in [2.75, 3.05) is 18.4 Å². The molecule has 1 saturated heterocycles. The monoisotopic (exact) mass is 502 g/mol. The molecule has 1 saturated carbocycles. The fraction of sp³-hybridized carbons (Fsp3) is 0.440. The molecule has 9 nitrogen and oxygen atoms in total. The quantitative estimate of drug-likeness (QED) is 0.507. The number of hydrogen-bond donors (Lipinski definition) is 3. The van der Waals surface area contributed by atoms with Gasteiger partial charge < -0.3 is 25.4 Å². The summed E-state index contributed by atoms with van der Waals surface area (Å²) in [6.07, 6.45) is 0.689. The summed E-state index contributed by atoms with van der Waals surface area (Å²) in [5.74, 6) is -1.95. The topological polar surface area (TPSA) is 121 Å². The first-order chi connectivity index (χ1) is 17.0. The number of aryl methyl sites for hydroxylation is 1. The summed E-state index contributed by atoms with van der Waals surface area (Å²) < 4.78 is 30.4. The van der Waals surface area contributed by atoms with Gasteiger partial charge in [0, 0.05) is 18.8 Å². The number of carbonyl (C=O) groups is 3. The number of hydrogen-bond acceptors (Lipinski definition) is 5. The van der Waals surface area contributed by atoms with Crippen molar-refractivity contribution in [2.24, 2.45) is 0 Å². The minimum Gasteiger partial charge on any atom is -0.480 e. The summed E-state index contributed by atoms with van der Waals surface area (Å²) in [4.78, 5) is 43.4. The molecule has 0 bridgehead atoms. The molecule has 0 atom stereocenters. The maximum Gasteiger partial charge on any atom is 0.388 e. The molecule has 1 aliphatic heterocycles. The molecule has 0 spiro atoms. The maximum atomic E-state index is 13.8. The second-order valence-corrected chi connectivity index (χ2v) is 9.64. The number of pyridine rings is 1. The number of ether oxygens (including phenoxy) is 1. The zero-order valence-corrected chi connectivity index (χ0v) is 20.2. The van der Waals surface area contributed by atoms with Gasteiger partial charge in [0.15, 0.2) is 0 Å². The number of nitrogens with zero attached hydrogens (tertiary/aromatic N) is 2. The summed E-state index contributed by atoms with van der Waals surface area (Å²) in [5.41, 5.74) is -0.422. The number of likely N-dealkylation sites (tertiary alicyclic amines) is 1. The van der Waals surface area contributed by atoms with Crippen LogP contribution in [0.3, 0.4) is 0 Å². The van der Waals surface area contributed by atoms with Crippen LogP contribution in [0.4, 0.5) is 19.3 Å². The summed E-state index contributed by atoms with van der Waals surface area (Å²) in [6, 6.07) is 9.79. The first-order valence-corrected chi connectivity index (χ1v) is 11.6. The van der Waals surface area contributed by atoms with Crippen LogP contribution in [0, 0.1) is 6.92 Å². The number of amides is 3. The minimum absolute atomic E-state index is 0.0157. The van der Waals surface area contributed by atoms with Crippen molar-refractivity contribution in [2.45, 2.75) is 57.1 Å². The first kappa shape index (κ1) is 25.3. The fourth-order valence-corrected chi connectivity index (χ4v) is 4.47. The van der Waals surface area contributed by atoms with Gasteiger partial charge in [-0.3, -0.25) is 4.79 Å². The Hall–Kier alpha value is -3.76. The number of rotatable bonds is 8. The van der Waals surface area contributed by atoms with E-state index in [0.29, 0.717) is 24.1 Å². The normalized spacial score (nSPS) is 17.4. The van der Waals surface area contributed by atoms with Crippen LogP contribution >= 0.6 is 0 Å². The average Bonchev–Trinajstić information content (AvgIpc) is 3.55. The summed E-state index contributed by atoms with van der Waals surface area (Å²) >= 11 is 0. The molecule has 11 heteroatoms. The molecule has 3 amide bonds. The molecule has 2 fully saturated rings. The van der Waals surface area contributed by atoms with Crippen LogP contribution < -0.4 is 15.4 Å². The number of nitrogens with one attached hydrogen (secondary N) is 2. The molecule has 1 aromatic carbocycles. The van der Waals surface area contributed by atoms with Crippen molar-refractivity contribution < 1.29 is 33.0 Å². The molecule has 0 radical (unpaired) electrons. The van der Waals surface area contributed by atoms with Crippen LogP contribution in [-0.2, 0) is 15.0 Å². The molecular formula is C25H28F2N4O5. The van der Waals surface area contributed by atoms with E-state index in [2.05, 4.69) is 20.4 Å². The van der Waals surface area contributed by atoms with Crippen LogP contribution in [0.15, 0.2) is 36.4 Å². The highest BCUT2D eigenvalue weighted by Gasteiger charge is 2.57. The number of benzene rings is 1. The Kier molecular flexibility index (Phi) is 6.59. The molecule has 192 valence electrons. The molecule has 3 N–H and O–H groups in total. The van der Waals surface area contributed by atoms with Crippen LogP contribution in [0.2, 0.25) is 0 Å². The molecule has 2 aliphatic rings. The van der Waals surface area contributed by atoms with Gasteiger partial charge >= 0.3 is 18.6 Å². The van der Waals surface area contributed by atoms with E-state index in [-0.39, 0.29) is 24.7 Å². The number of alkyl halides is 2. The number of carbonyl (C=O) groups excluding carboxylic acids is 2. The van der Waals surface area contributed by atoms with Gasteiger partial charge in [0.05, 0.1) is 0 Å². The molecule has 2 aromatic rings. The Morgan fingerprint density at radius 2 is 1.78 bits per heavy atom. The lowest BCUT2D eigenvalue weighted by Gasteiger charge is -2.50. The van der Waals surface area contributed by atoms with E-state index in [4.69, 9.17) is 0 Å². The number of aliphatic carboxylic acids is 1. The lowest BCUT2D eigenvalue weighted by Crippen LogP contribution is -2.69. The number of carboxylic acid groups (broad SMARTS) is 1. The van der Waals surface area contributed by atoms with Crippen molar-refractivity contribution in [3.8, 4) is 5.88 Å². The highest BCUT2D eigenvalue weighted by molar-refractivity contribution is 6.03. The second kappa shape index (κ2) is 9.36. The molecule has 1 aliphatic carbocycles. The summed E-state index contributed by atoms with van der Waals surface area (Å²) in [7, 11) is 0. The number of anilines is 1. The second-order valence-electron chi connectivity index (χ2n) is 9.64. The highest BCUT2D eigenvalue weighted by atomic mass is 19.3. The van der Waals surface area contributed by atoms with Crippen molar-refractivity contribution in [3.05, 3.63) is 53.2 Å². The first-order valence-electron chi connectivity index (χ1n) is 11.6. The Morgan fingerprint density at radius 3 is 2.36 bits per heavy atom. The zero-order valence-electron chi connectivity index (χ0n) is 20.2. The molecule has 4 rings (SSSR count).